The molecule has 1 heterocycles. The molecule has 2 aromatic carbocycles. The van der Waals surface area contributed by atoms with Gasteiger partial charge in [-0.25, -0.2) is 0 Å². The van der Waals surface area contributed by atoms with Gasteiger partial charge in [0.1, 0.15) is 11.4 Å². The van der Waals surface area contributed by atoms with Crippen LogP contribution in [0.15, 0.2) is 42.5 Å². The molecule has 24 heavy (non-hydrogen) atoms. The number of benzene rings is 2. The number of hydrogen-bond donors (Lipinski definition) is 2. The predicted octanol–water partition coefficient (Wildman–Crippen LogP) is 4.28. The normalized spacial score (nSPS) is 12.2. The largest absolute Gasteiger partial charge is 0.496 e. The fourth-order valence-electron chi connectivity index (χ4n) is 2.92. The number of hydrogen-bond acceptors (Lipinski definition) is 2. The van der Waals surface area contributed by atoms with Crippen molar-refractivity contribution in [1.29, 1.82) is 0 Å². The number of methoxy groups -OCH3 is 1. The Morgan fingerprint density at radius 2 is 1.79 bits per heavy atom. The van der Waals surface area contributed by atoms with Gasteiger partial charge < -0.3 is 15.0 Å². The lowest BCUT2D eigenvalue weighted by Crippen LogP contribution is -2.27. The highest BCUT2D eigenvalue weighted by Crippen LogP contribution is 2.26. The molecule has 124 valence electrons. The third-order valence-corrected chi connectivity index (χ3v) is 4.22. The molecule has 1 aromatic heterocycles. The smallest absolute Gasteiger partial charge is 0.268 e. The van der Waals surface area contributed by atoms with Crippen molar-refractivity contribution in [2.75, 3.05) is 7.11 Å². The number of aromatic amines is 1. The van der Waals surface area contributed by atoms with E-state index in [9.17, 15) is 4.79 Å². The molecule has 3 rings (SSSR count). The molecule has 0 saturated carbocycles. The number of H-pyrrole nitrogens is 1. The molecule has 4 heteroatoms. The average Bonchev–Trinajstić information content (AvgIpc) is 2.98. The van der Waals surface area contributed by atoms with Crippen LogP contribution >= 0.6 is 0 Å². The fraction of sp³-hybridized carbons (Fsp3) is 0.250. The van der Waals surface area contributed by atoms with Crippen LogP contribution in [0.5, 0.6) is 5.75 Å². The van der Waals surface area contributed by atoms with Crippen LogP contribution in [0.1, 0.15) is 40.1 Å². The Morgan fingerprint density at radius 1 is 1.08 bits per heavy atom. The number of carbonyl (C=O) groups is 1. The summed E-state index contributed by atoms with van der Waals surface area (Å²) in [6.07, 6.45) is 0. The van der Waals surface area contributed by atoms with Crippen molar-refractivity contribution < 1.29 is 9.53 Å². The molecule has 0 aliphatic heterocycles. The molecule has 1 atom stereocenters. The van der Waals surface area contributed by atoms with E-state index in [1.807, 2.05) is 57.2 Å². The zero-order chi connectivity index (χ0) is 17.3. The lowest BCUT2D eigenvalue weighted by atomic mass is 10.0. The molecule has 4 nitrogen and oxygen atoms in total. The van der Waals surface area contributed by atoms with E-state index in [0.29, 0.717) is 5.69 Å². The molecule has 1 amide bonds. The summed E-state index contributed by atoms with van der Waals surface area (Å²) < 4.78 is 5.41. The Hall–Kier alpha value is -2.75. The number of rotatable bonds is 4. The van der Waals surface area contributed by atoms with Gasteiger partial charge in [0, 0.05) is 16.5 Å². The second kappa shape index (κ2) is 6.40. The van der Waals surface area contributed by atoms with Crippen molar-refractivity contribution in [1.82, 2.24) is 10.3 Å². The predicted molar refractivity (Wildman–Crippen MR) is 96.6 cm³/mol. The second-order valence-electron chi connectivity index (χ2n) is 6.21. The highest BCUT2D eigenvalue weighted by Gasteiger charge is 2.16. The Kier molecular flexibility index (Phi) is 4.30. The molecule has 0 unspecified atom stereocenters. The Morgan fingerprint density at radius 3 is 2.54 bits per heavy atom. The van der Waals surface area contributed by atoms with E-state index < -0.39 is 0 Å². The lowest BCUT2D eigenvalue weighted by Gasteiger charge is -2.17. The standard InChI is InChI=1S/C20H22N2O2/c1-12-5-7-17-15(9-12)11-18(22-17)20(23)21-14(3)16-10-13(2)6-8-19(16)24-4/h5-11,14,22H,1-4H3,(H,21,23)/t14-/m0/s1. The zero-order valence-corrected chi connectivity index (χ0v) is 14.4. The molecule has 0 bridgehead atoms. The summed E-state index contributed by atoms with van der Waals surface area (Å²) in [7, 11) is 1.64. The van der Waals surface area contributed by atoms with E-state index in [-0.39, 0.29) is 11.9 Å². The Bertz CT molecular complexity index is 896. The van der Waals surface area contributed by atoms with Gasteiger partial charge in [-0.1, -0.05) is 29.3 Å². The van der Waals surface area contributed by atoms with E-state index in [1.165, 1.54) is 5.56 Å². The van der Waals surface area contributed by atoms with E-state index >= 15 is 0 Å². The molecule has 0 fully saturated rings. The first-order valence-corrected chi connectivity index (χ1v) is 8.02. The van der Waals surface area contributed by atoms with Crippen LogP contribution in [0, 0.1) is 13.8 Å². The summed E-state index contributed by atoms with van der Waals surface area (Å²) in [5.74, 6) is 0.653. The molecule has 0 spiro atoms. The van der Waals surface area contributed by atoms with E-state index in [1.54, 1.807) is 7.11 Å². The SMILES string of the molecule is COc1ccc(C)cc1[C@H](C)NC(=O)c1cc2cc(C)ccc2[nH]1. The van der Waals surface area contributed by atoms with Crippen LogP contribution in [0.25, 0.3) is 10.9 Å². The maximum absolute atomic E-state index is 12.6. The highest BCUT2D eigenvalue weighted by atomic mass is 16.5. The van der Waals surface area contributed by atoms with E-state index in [0.717, 1.165) is 27.8 Å². The fourth-order valence-corrected chi connectivity index (χ4v) is 2.92. The third-order valence-electron chi connectivity index (χ3n) is 4.22. The summed E-state index contributed by atoms with van der Waals surface area (Å²) in [6.45, 7) is 6.03. The van der Waals surface area contributed by atoms with Gasteiger partial charge in [-0.2, -0.15) is 0 Å². The van der Waals surface area contributed by atoms with Crippen LogP contribution in [0.4, 0.5) is 0 Å². The Balaban J connectivity index is 1.84. The average molecular weight is 322 g/mol. The maximum atomic E-state index is 12.6. The van der Waals surface area contributed by atoms with Crippen molar-refractivity contribution >= 4 is 16.8 Å². The zero-order valence-electron chi connectivity index (χ0n) is 14.4. The van der Waals surface area contributed by atoms with Gasteiger partial charge in [-0.3, -0.25) is 4.79 Å². The van der Waals surface area contributed by atoms with Gasteiger partial charge in [0.2, 0.25) is 0 Å². The quantitative estimate of drug-likeness (QED) is 0.753. The van der Waals surface area contributed by atoms with Crippen LogP contribution in [0.3, 0.4) is 0 Å². The van der Waals surface area contributed by atoms with Gasteiger partial charge in [-0.15, -0.1) is 0 Å². The van der Waals surface area contributed by atoms with Crippen LogP contribution in [-0.2, 0) is 0 Å². The summed E-state index contributed by atoms with van der Waals surface area (Å²) in [5.41, 5.74) is 4.80. The number of nitrogens with one attached hydrogen (secondary N) is 2. The monoisotopic (exact) mass is 322 g/mol. The van der Waals surface area contributed by atoms with Crippen LogP contribution < -0.4 is 10.1 Å². The molecule has 0 aliphatic carbocycles. The Labute approximate surface area is 141 Å². The van der Waals surface area contributed by atoms with Crippen LogP contribution in [-0.4, -0.2) is 18.0 Å². The van der Waals surface area contributed by atoms with Crippen molar-refractivity contribution in [3.8, 4) is 5.75 Å². The van der Waals surface area contributed by atoms with Crippen LogP contribution in [0.2, 0.25) is 0 Å². The van der Waals surface area contributed by atoms with Crippen molar-refractivity contribution in [2.24, 2.45) is 0 Å². The minimum atomic E-state index is -0.152. The number of aromatic nitrogens is 1. The molecule has 3 aromatic rings. The molecule has 2 N–H and O–H groups in total. The number of fused-ring (bicyclic) bond motifs is 1. The van der Waals surface area contributed by atoms with E-state index in [4.69, 9.17) is 4.74 Å². The summed E-state index contributed by atoms with van der Waals surface area (Å²) in [5, 5.41) is 4.08. The second-order valence-corrected chi connectivity index (χ2v) is 6.21. The minimum absolute atomic E-state index is 0.125. The van der Waals surface area contributed by atoms with E-state index in [2.05, 4.69) is 16.4 Å². The molecule has 0 aliphatic rings. The topological polar surface area (TPSA) is 54.1 Å². The molecule has 0 saturated heterocycles. The van der Waals surface area contributed by atoms with Crippen molar-refractivity contribution in [3.63, 3.8) is 0 Å². The number of ether oxygens (including phenoxy) is 1. The van der Waals surface area contributed by atoms with Gasteiger partial charge in [0.15, 0.2) is 0 Å². The molecular formula is C20H22N2O2. The number of carbonyl (C=O) groups excluding carboxylic acids is 1. The van der Waals surface area contributed by atoms with Crippen molar-refractivity contribution in [3.05, 3.63) is 64.8 Å². The minimum Gasteiger partial charge on any atom is -0.496 e. The molecule has 0 radical (unpaired) electrons. The number of aryl methyl sites for hydroxylation is 2. The van der Waals surface area contributed by atoms with Gasteiger partial charge in [0.05, 0.1) is 13.2 Å². The number of amides is 1. The van der Waals surface area contributed by atoms with Gasteiger partial charge >= 0.3 is 0 Å². The lowest BCUT2D eigenvalue weighted by molar-refractivity contribution is 0.0935. The van der Waals surface area contributed by atoms with Gasteiger partial charge in [-0.05, 0) is 45.0 Å². The summed E-state index contributed by atoms with van der Waals surface area (Å²) in [6, 6.07) is 13.8. The van der Waals surface area contributed by atoms with Crippen molar-refractivity contribution in [2.45, 2.75) is 26.8 Å². The maximum Gasteiger partial charge on any atom is 0.268 e. The first kappa shape index (κ1) is 16.1. The molecular weight excluding hydrogens is 300 g/mol. The first-order chi connectivity index (χ1) is 11.5. The first-order valence-electron chi connectivity index (χ1n) is 8.02. The highest BCUT2D eigenvalue weighted by molar-refractivity contribution is 5.98. The third kappa shape index (κ3) is 3.13. The summed E-state index contributed by atoms with van der Waals surface area (Å²) >= 11 is 0. The summed E-state index contributed by atoms with van der Waals surface area (Å²) in [4.78, 5) is 15.8. The van der Waals surface area contributed by atoms with Gasteiger partial charge in [0.25, 0.3) is 5.91 Å².